The highest BCUT2D eigenvalue weighted by atomic mass is 79.9. The number of nitrogens with one attached hydrogen (secondary N) is 2. The zero-order valence-corrected chi connectivity index (χ0v) is 26.1. The smallest absolute Gasteiger partial charge is 0.327 e. The molecule has 0 aliphatic heterocycles. The lowest BCUT2D eigenvalue weighted by molar-refractivity contribution is -0.131. The number of allylic oxidation sites excluding steroid dienone is 1. The minimum absolute atomic E-state index is 0.0920. The summed E-state index contributed by atoms with van der Waals surface area (Å²) in [5, 5.41) is 7.60. The summed E-state index contributed by atoms with van der Waals surface area (Å²) in [5.41, 5.74) is 1.70. The van der Waals surface area contributed by atoms with Crippen LogP contribution < -0.4 is 9.44 Å². The molecular formula is C31H29BrN2O7S2. The van der Waals surface area contributed by atoms with Crippen molar-refractivity contribution in [1.82, 2.24) is 0 Å². The van der Waals surface area contributed by atoms with Crippen molar-refractivity contribution in [3.63, 3.8) is 0 Å². The Kier molecular flexibility index (Phi) is 13.6. The third-order valence-electron chi connectivity index (χ3n) is 5.01. The first-order valence-corrected chi connectivity index (χ1v) is 16.1. The van der Waals surface area contributed by atoms with Crippen LogP contribution in [-0.2, 0) is 29.6 Å². The summed E-state index contributed by atoms with van der Waals surface area (Å²) < 4.78 is 54.4. The number of hydrogen-bond acceptors (Lipinski definition) is 6. The number of benzene rings is 4. The van der Waals surface area contributed by atoms with Gasteiger partial charge in [-0.25, -0.2) is 21.6 Å². The summed E-state index contributed by atoms with van der Waals surface area (Å²) in [7, 11) is -7.16. The predicted octanol–water partition coefficient (Wildman–Crippen LogP) is 6.60. The van der Waals surface area contributed by atoms with Gasteiger partial charge < -0.3 is 5.11 Å². The lowest BCUT2D eigenvalue weighted by Crippen LogP contribution is -2.12. The number of ketones is 1. The molecule has 0 heterocycles. The van der Waals surface area contributed by atoms with E-state index in [9.17, 15) is 26.4 Å². The van der Waals surface area contributed by atoms with E-state index in [4.69, 9.17) is 5.11 Å². The van der Waals surface area contributed by atoms with Gasteiger partial charge in [0.2, 0.25) is 0 Å². The molecule has 0 radical (unpaired) electrons. The normalized spacial score (nSPS) is 10.7. The van der Waals surface area contributed by atoms with Crippen molar-refractivity contribution >= 4 is 65.2 Å². The van der Waals surface area contributed by atoms with Crippen LogP contribution in [0, 0.1) is 0 Å². The molecule has 3 N–H and O–H groups in total. The van der Waals surface area contributed by atoms with Crippen molar-refractivity contribution < 1.29 is 31.5 Å². The van der Waals surface area contributed by atoms with Gasteiger partial charge in [-0.05, 0) is 73.2 Å². The number of carbonyl (C=O) groups is 2. The number of carbonyl (C=O) groups excluding carboxylic acids is 1. The van der Waals surface area contributed by atoms with Crippen LogP contribution in [0.4, 0.5) is 11.4 Å². The summed E-state index contributed by atoms with van der Waals surface area (Å²) in [5.74, 6) is -1.07. The van der Waals surface area contributed by atoms with Crippen molar-refractivity contribution in [3.8, 4) is 0 Å². The molecule has 4 aromatic carbocycles. The number of sulfonamides is 2. The molecule has 0 aliphatic rings. The van der Waals surface area contributed by atoms with Crippen molar-refractivity contribution in [2.75, 3.05) is 9.44 Å². The molecule has 4 rings (SSSR count). The van der Waals surface area contributed by atoms with Crippen LogP contribution in [0.3, 0.4) is 0 Å². The Morgan fingerprint density at radius 1 is 0.721 bits per heavy atom. The molecule has 9 nitrogen and oxygen atoms in total. The number of para-hydroxylation sites is 2. The fourth-order valence-corrected chi connectivity index (χ4v) is 5.84. The molecule has 43 heavy (non-hydrogen) atoms. The van der Waals surface area contributed by atoms with E-state index in [-0.39, 0.29) is 15.6 Å². The third kappa shape index (κ3) is 12.9. The van der Waals surface area contributed by atoms with E-state index in [0.29, 0.717) is 16.9 Å². The van der Waals surface area contributed by atoms with Crippen LogP contribution in [0.15, 0.2) is 142 Å². The average molecular weight is 686 g/mol. The molecule has 0 aliphatic carbocycles. The highest BCUT2D eigenvalue weighted by Crippen LogP contribution is 2.20. The van der Waals surface area contributed by atoms with Gasteiger partial charge in [0, 0.05) is 21.9 Å². The van der Waals surface area contributed by atoms with E-state index in [0.717, 1.165) is 10.5 Å². The lowest BCUT2D eigenvalue weighted by Gasteiger charge is -2.08. The summed E-state index contributed by atoms with van der Waals surface area (Å²) >= 11 is 3.25. The maximum atomic E-state index is 12.3. The number of hydrogen-bond donors (Lipinski definition) is 3. The maximum Gasteiger partial charge on any atom is 0.327 e. The summed E-state index contributed by atoms with van der Waals surface area (Å²) in [6.45, 7) is 4.40. The summed E-state index contributed by atoms with van der Waals surface area (Å²) in [6, 6.07) is 30.4. The van der Waals surface area contributed by atoms with E-state index < -0.39 is 26.0 Å². The Morgan fingerprint density at radius 3 is 1.58 bits per heavy atom. The number of rotatable bonds is 9. The molecule has 0 amide bonds. The van der Waals surface area contributed by atoms with E-state index in [1.807, 2.05) is 12.1 Å². The van der Waals surface area contributed by atoms with E-state index in [2.05, 4.69) is 32.0 Å². The second-order valence-electron chi connectivity index (χ2n) is 8.46. The molecule has 0 saturated heterocycles. The molecule has 0 aromatic heterocycles. The number of aliphatic carboxylic acids is 1. The first-order valence-electron chi connectivity index (χ1n) is 12.4. The van der Waals surface area contributed by atoms with Crippen molar-refractivity contribution in [2.24, 2.45) is 0 Å². The number of carboxylic acid groups (broad SMARTS) is 1. The Bertz CT molecular complexity index is 1780. The average Bonchev–Trinajstić information content (AvgIpc) is 2.97. The van der Waals surface area contributed by atoms with Crippen LogP contribution >= 0.6 is 15.9 Å². The van der Waals surface area contributed by atoms with Crippen LogP contribution in [0.25, 0.3) is 6.08 Å². The fraction of sp³-hybridized carbons (Fsp3) is 0.0323. The lowest BCUT2D eigenvalue weighted by atomic mass is 10.2. The minimum atomic E-state index is -3.64. The highest BCUT2D eigenvalue weighted by Gasteiger charge is 2.15. The van der Waals surface area contributed by atoms with Gasteiger partial charge in [0.25, 0.3) is 20.0 Å². The molecule has 0 fully saturated rings. The van der Waals surface area contributed by atoms with Gasteiger partial charge in [-0.15, -0.1) is 0 Å². The van der Waals surface area contributed by atoms with Gasteiger partial charge >= 0.3 is 5.97 Å². The van der Waals surface area contributed by atoms with Crippen LogP contribution in [-0.4, -0.2) is 33.7 Å². The molecular weight excluding hydrogens is 656 g/mol. The SMILES string of the molecule is C=CC(=O)O.CC(=O)/C=C/c1cccc(S(=O)(=O)Nc2ccccc2)c1.O=S(=O)(Nc1ccccc1)c1cccc(Br)c1. The Labute approximate surface area is 259 Å². The number of carboxylic acids is 1. The molecule has 0 bridgehead atoms. The van der Waals surface area contributed by atoms with Gasteiger partial charge in [-0.1, -0.05) is 83.2 Å². The van der Waals surface area contributed by atoms with Crippen LogP contribution in [0.1, 0.15) is 12.5 Å². The van der Waals surface area contributed by atoms with Gasteiger partial charge in [0.1, 0.15) is 0 Å². The molecule has 0 spiro atoms. The highest BCUT2D eigenvalue weighted by molar-refractivity contribution is 9.10. The summed E-state index contributed by atoms with van der Waals surface area (Å²) in [6.07, 6.45) is 3.82. The summed E-state index contributed by atoms with van der Waals surface area (Å²) in [4.78, 5) is 20.6. The molecule has 12 heteroatoms. The first-order chi connectivity index (χ1) is 20.3. The monoisotopic (exact) mass is 684 g/mol. The van der Waals surface area contributed by atoms with Gasteiger partial charge in [-0.3, -0.25) is 14.2 Å². The standard InChI is InChI=1S/C16H15NO3S.C12H10BrNO2S.C3H4O2/c1-13(18)10-11-14-6-5-9-16(12-14)21(19,20)17-15-7-3-2-4-8-15;13-10-5-4-8-12(9-10)17(15,16)14-11-6-2-1-3-7-11;1-2-3(4)5/h2-12,17H,1H3;1-9,14H;2H,1H2,(H,4,5)/b11-10+;;. The van der Waals surface area contributed by atoms with Crippen molar-refractivity contribution in [1.29, 1.82) is 0 Å². The van der Waals surface area contributed by atoms with Crippen LogP contribution in [0.5, 0.6) is 0 Å². The Hall–Kier alpha value is -4.52. The molecule has 0 saturated carbocycles. The largest absolute Gasteiger partial charge is 0.478 e. The Balaban J connectivity index is 0.000000264. The van der Waals surface area contributed by atoms with Gasteiger partial charge in [0.05, 0.1) is 9.79 Å². The first kappa shape index (κ1) is 34.7. The second-order valence-corrected chi connectivity index (χ2v) is 12.7. The minimum Gasteiger partial charge on any atom is -0.478 e. The maximum absolute atomic E-state index is 12.3. The van der Waals surface area contributed by atoms with E-state index in [1.165, 1.54) is 25.1 Å². The van der Waals surface area contributed by atoms with Gasteiger partial charge in [0.15, 0.2) is 5.78 Å². The van der Waals surface area contributed by atoms with Crippen LogP contribution in [0.2, 0.25) is 0 Å². The molecule has 4 aromatic rings. The third-order valence-corrected chi connectivity index (χ3v) is 8.26. The number of halogens is 1. The quantitative estimate of drug-likeness (QED) is 0.168. The molecule has 0 atom stereocenters. The second kappa shape index (κ2) is 16.8. The van der Waals surface area contributed by atoms with Gasteiger partial charge in [-0.2, -0.15) is 0 Å². The van der Waals surface area contributed by atoms with E-state index >= 15 is 0 Å². The predicted molar refractivity (Wildman–Crippen MR) is 173 cm³/mol. The number of anilines is 2. The van der Waals surface area contributed by atoms with E-state index in [1.54, 1.807) is 91.0 Å². The van der Waals surface area contributed by atoms with Crippen molar-refractivity contribution in [2.45, 2.75) is 16.7 Å². The molecule has 224 valence electrons. The zero-order chi connectivity index (χ0) is 31.9. The molecule has 0 unspecified atom stereocenters. The fourth-order valence-electron chi connectivity index (χ4n) is 3.07. The zero-order valence-electron chi connectivity index (χ0n) is 22.9. The topological polar surface area (TPSA) is 147 Å². The van der Waals surface area contributed by atoms with Crippen molar-refractivity contribution in [3.05, 3.63) is 138 Å². The Morgan fingerprint density at radius 2 is 1.16 bits per heavy atom.